The molecule has 8 heteroatoms. The second-order valence-corrected chi connectivity index (χ2v) is 9.54. The van der Waals surface area contributed by atoms with E-state index in [0.717, 1.165) is 44.1 Å². The topological polar surface area (TPSA) is 78.5 Å². The summed E-state index contributed by atoms with van der Waals surface area (Å²) >= 11 is 6.08. The first-order valence-electron chi connectivity index (χ1n) is 8.92. The highest BCUT2D eigenvalue weighted by Gasteiger charge is 2.21. The fourth-order valence-electron chi connectivity index (χ4n) is 3.55. The predicted molar refractivity (Wildman–Crippen MR) is 106 cm³/mol. The Morgan fingerprint density at radius 3 is 2.54 bits per heavy atom. The normalized spacial score (nSPS) is 21.4. The lowest BCUT2D eigenvalue weighted by Gasteiger charge is -2.34. The van der Waals surface area contributed by atoms with Gasteiger partial charge in [-0.3, -0.25) is 9.52 Å². The Labute approximate surface area is 161 Å². The first kappa shape index (κ1) is 21.0. The summed E-state index contributed by atoms with van der Waals surface area (Å²) < 4.78 is 25.0. The number of likely N-dealkylation sites (tertiary alicyclic amines) is 1. The smallest absolute Gasteiger partial charge is 0.252 e. The lowest BCUT2D eigenvalue weighted by atomic mass is 9.92. The lowest BCUT2D eigenvalue weighted by Crippen LogP contribution is -2.40. The van der Waals surface area contributed by atoms with E-state index in [1.165, 1.54) is 24.6 Å². The molecular formula is C18H28ClN3O3S. The highest BCUT2D eigenvalue weighted by molar-refractivity contribution is 7.92. The number of halogens is 1. The first-order valence-corrected chi connectivity index (χ1v) is 11.2. The van der Waals surface area contributed by atoms with Crippen LogP contribution in [0.4, 0.5) is 5.69 Å². The molecule has 1 aromatic carbocycles. The number of amides is 1. The molecule has 1 saturated heterocycles. The summed E-state index contributed by atoms with van der Waals surface area (Å²) in [5.41, 5.74) is 0.582. The molecule has 1 heterocycles. The largest absolute Gasteiger partial charge is 0.352 e. The van der Waals surface area contributed by atoms with Gasteiger partial charge in [-0.1, -0.05) is 25.4 Å². The van der Waals surface area contributed by atoms with E-state index in [-0.39, 0.29) is 11.5 Å². The van der Waals surface area contributed by atoms with Crippen molar-refractivity contribution >= 4 is 33.2 Å². The Morgan fingerprint density at radius 2 is 1.92 bits per heavy atom. The summed E-state index contributed by atoms with van der Waals surface area (Å²) in [6, 6.07) is 4.49. The molecule has 26 heavy (non-hydrogen) atoms. The van der Waals surface area contributed by atoms with Crippen LogP contribution in [0.3, 0.4) is 0 Å². The molecule has 2 rings (SSSR count). The number of sulfonamides is 1. The van der Waals surface area contributed by atoms with Crippen molar-refractivity contribution in [3.8, 4) is 0 Å². The number of anilines is 1. The molecule has 1 aromatic rings. The molecule has 6 nitrogen and oxygen atoms in total. The van der Waals surface area contributed by atoms with E-state index >= 15 is 0 Å². The van der Waals surface area contributed by atoms with Gasteiger partial charge in [-0.25, -0.2) is 8.42 Å². The van der Waals surface area contributed by atoms with Crippen LogP contribution in [0.2, 0.25) is 5.02 Å². The van der Waals surface area contributed by atoms with E-state index in [2.05, 4.69) is 28.8 Å². The average Bonchev–Trinajstić information content (AvgIpc) is 2.51. The van der Waals surface area contributed by atoms with Crippen molar-refractivity contribution in [2.45, 2.75) is 26.7 Å². The van der Waals surface area contributed by atoms with Gasteiger partial charge in [0, 0.05) is 25.3 Å². The number of piperidine rings is 1. The van der Waals surface area contributed by atoms with E-state index in [0.29, 0.717) is 17.3 Å². The standard InChI is InChI=1S/C18H28ClN3O3S/c1-13-9-14(2)12-22(11-13)8-4-7-20-18(23)16-10-15(5-6-17(16)19)21-26(3,24)25/h5-6,10,13-14,21H,4,7-9,11-12H2,1-3H3,(H,20,23)/t13-,14-/m0/s1. The second-order valence-electron chi connectivity index (χ2n) is 7.38. The van der Waals surface area contributed by atoms with Gasteiger partial charge in [-0.2, -0.15) is 0 Å². The Hall–Kier alpha value is -1.31. The Bertz CT molecular complexity index is 729. The zero-order valence-corrected chi connectivity index (χ0v) is 17.2. The third-order valence-electron chi connectivity index (χ3n) is 4.40. The zero-order valence-electron chi connectivity index (χ0n) is 15.6. The summed E-state index contributed by atoms with van der Waals surface area (Å²) in [4.78, 5) is 14.8. The number of nitrogens with one attached hydrogen (secondary N) is 2. The third kappa shape index (κ3) is 6.78. The van der Waals surface area contributed by atoms with Crippen LogP contribution in [0.15, 0.2) is 18.2 Å². The number of carbonyl (C=O) groups is 1. The fraction of sp³-hybridized carbons (Fsp3) is 0.611. The van der Waals surface area contributed by atoms with Gasteiger partial charge in [0.05, 0.1) is 16.8 Å². The maximum absolute atomic E-state index is 12.4. The first-order chi connectivity index (χ1) is 12.1. The minimum atomic E-state index is -3.41. The second kappa shape index (κ2) is 9.06. The van der Waals surface area contributed by atoms with Crippen molar-refractivity contribution in [3.63, 3.8) is 0 Å². The van der Waals surface area contributed by atoms with Crippen LogP contribution in [0.25, 0.3) is 0 Å². The molecule has 1 aliphatic heterocycles. The maximum Gasteiger partial charge on any atom is 0.252 e. The molecule has 2 N–H and O–H groups in total. The van der Waals surface area contributed by atoms with Crippen LogP contribution in [-0.2, 0) is 10.0 Å². The van der Waals surface area contributed by atoms with Gasteiger partial charge >= 0.3 is 0 Å². The minimum Gasteiger partial charge on any atom is -0.352 e. The zero-order chi connectivity index (χ0) is 19.3. The molecule has 1 fully saturated rings. The van der Waals surface area contributed by atoms with Crippen LogP contribution in [0.1, 0.15) is 37.0 Å². The molecule has 146 valence electrons. The molecule has 2 atom stereocenters. The Kier molecular flexibility index (Phi) is 7.32. The van der Waals surface area contributed by atoms with E-state index in [1.807, 2.05) is 0 Å². The highest BCUT2D eigenvalue weighted by atomic mass is 35.5. The van der Waals surface area contributed by atoms with Gasteiger partial charge in [0.2, 0.25) is 10.0 Å². The molecule has 1 amide bonds. The van der Waals surface area contributed by atoms with Crippen molar-refractivity contribution in [2.24, 2.45) is 11.8 Å². The van der Waals surface area contributed by atoms with Crippen LogP contribution in [0.5, 0.6) is 0 Å². The van der Waals surface area contributed by atoms with Crippen molar-refractivity contribution in [3.05, 3.63) is 28.8 Å². The van der Waals surface area contributed by atoms with E-state index in [9.17, 15) is 13.2 Å². The average molecular weight is 402 g/mol. The van der Waals surface area contributed by atoms with Crippen molar-refractivity contribution in [1.29, 1.82) is 0 Å². The molecule has 0 saturated carbocycles. The van der Waals surface area contributed by atoms with E-state index in [1.54, 1.807) is 0 Å². The van der Waals surface area contributed by atoms with Crippen molar-refractivity contribution in [1.82, 2.24) is 10.2 Å². The molecule has 0 radical (unpaired) electrons. The molecule has 1 aliphatic rings. The fourth-order valence-corrected chi connectivity index (χ4v) is 4.31. The molecule has 0 bridgehead atoms. The van der Waals surface area contributed by atoms with Gasteiger partial charge in [0.1, 0.15) is 0 Å². The van der Waals surface area contributed by atoms with Gasteiger partial charge in [-0.15, -0.1) is 0 Å². The maximum atomic E-state index is 12.4. The lowest BCUT2D eigenvalue weighted by molar-refractivity contribution is 0.0947. The van der Waals surface area contributed by atoms with Crippen LogP contribution in [0, 0.1) is 11.8 Å². The molecular weight excluding hydrogens is 374 g/mol. The number of benzene rings is 1. The summed E-state index contributed by atoms with van der Waals surface area (Å²) in [5.74, 6) is 1.14. The van der Waals surface area contributed by atoms with Crippen LogP contribution < -0.4 is 10.0 Å². The molecule has 0 unspecified atom stereocenters. The van der Waals surface area contributed by atoms with Crippen molar-refractivity contribution < 1.29 is 13.2 Å². The van der Waals surface area contributed by atoms with Crippen LogP contribution >= 0.6 is 11.6 Å². The Balaban J connectivity index is 1.85. The predicted octanol–water partition coefficient (Wildman–Crippen LogP) is 2.81. The minimum absolute atomic E-state index is 0.264. The van der Waals surface area contributed by atoms with E-state index in [4.69, 9.17) is 11.6 Å². The van der Waals surface area contributed by atoms with Gasteiger partial charge in [-0.05, 0) is 49.4 Å². The van der Waals surface area contributed by atoms with Crippen LogP contribution in [-0.4, -0.2) is 51.7 Å². The summed E-state index contributed by atoms with van der Waals surface area (Å²) in [6.45, 7) is 8.30. The number of nitrogens with zero attached hydrogens (tertiary/aromatic N) is 1. The summed E-state index contributed by atoms with van der Waals surface area (Å²) in [5, 5.41) is 3.16. The molecule has 0 aromatic heterocycles. The molecule has 0 aliphatic carbocycles. The quantitative estimate of drug-likeness (QED) is 0.688. The monoisotopic (exact) mass is 401 g/mol. The molecule has 0 spiro atoms. The summed E-state index contributed by atoms with van der Waals surface area (Å²) in [6.07, 6.45) is 3.21. The van der Waals surface area contributed by atoms with Gasteiger partial charge in [0.25, 0.3) is 5.91 Å². The third-order valence-corrected chi connectivity index (χ3v) is 5.33. The Morgan fingerprint density at radius 1 is 1.27 bits per heavy atom. The van der Waals surface area contributed by atoms with Crippen molar-refractivity contribution in [2.75, 3.05) is 37.2 Å². The summed E-state index contributed by atoms with van der Waals surface area (Å²) in [7, 11) is -3.41. The van der Waals surface area contributed by atoms with Gasteiger partial charge in [0.15, 0.2) is 0 Å². The SMILES string of the molecule is C[C@H]1C[C@H](C)CN(CCCNC(=O)c2cc(NS(C)(=O)=O)ccc2Cl)C1. The highest BCUT2D eigenvalue weighted by Crippen LogP contribution is 2.22. The van der Waals surface area contributed by atoms with Gasteiger partial charge < -0.3 is 10.2 Å². The number of hydrogen-bond acceptors (Lipinski definition) is 4. The number of rotatable bonds is 7. The van der Waals surface area contributed by atoms with E-state index < -0.39 is 10.0 Å². The number of carbonyl (C=O) groups excluding carboxylic acids is 1. The number of hydrogen-bond donors (Lipinski definition) is 2.